The molecule has 0 amide bonds. The number of rotatable bonds is 7. The van der Waals surface area contributed by atoms with Gasteiger partial charge in [-0.3, -0.25) is 0 Å². The molecular formula is C15H19ClN2OS. The lowest BCUT2D eigenvalue weighted by molar-refractivity contribution is 0.314. The van der Waals surface area contributed by atoms with Crippen molar-refractivity contribution in [2.75, 3.05) is 32.1 Å². The standard InChI is InChI=1S/C15H19ClN2OS/c1-18(2)12-4-3-5-13(10-12)19-9-8-17-11-14-6-7-15(16)20-14/h3-7,10,17H,8-9,11H2,1-2H3. The van der Waals surface area contributed by atoms with Gasteiger partial charge in [0, 0.05) is 43.8 Å². The topological polar surface area (TPSA) is 24.5 Å². The fourth-order valence-corrected chi connectivity index (χ4v) is 2.81. The van der Waals surface area contributed by atoms with Crippen molar-refractivity contribution in [3.8, 4) is 5.75 Å². The van der Waals surface area contributed by atoms with E-state index in [-0.39, 0.29) is 0 Å². The molecule has 0 saturated heterocycles. The third-order valence-corrected chi connectivity index (χ3v) is 4.04. The average molecular weight is 311 g/mol. The van der Waals surface area contributed by atoms with Gasteiger partial charge in [0.2, 0.25) is 0 Å². The van der Waals surface area contributed by atoms with Crippen LogP contribution in [-0.2, 0) is 6.54 Å². The maximum Gasteiger partial charge on any atom is 0.121 e. The molecule has 0 bridgehead atoms. The predicted molar refractivity (Wildman–Crippen MR) is 87.3 cm³/mol. The first-order valence-electron chi connectivity index (χ1n) is 6.50. The van der Waals surface area contributed by atoms with Crippen molar-refractivity contribution in [1.82, 2.24) is 5.32 Å². The second-order valence-corrected chi connectivity index (χ2v) is 6.42. The number of nitrogens with zero attached hydrogens (tertiary/aromatic N) is 1. The predicted octanol–water partition coefficient (Wildman–Crippen LogP) is 3.64. The molecule has 0 aliphatic carbocycles. The molecule has 0 aliphatic rings. The molecule has 2 aromatic rings. The maximum atomic E-state index is 5.88. The molecule has 3 nitrogen and oxygen atoms in total. The van der Waals surface area contributed by atoms with Gasteiger partial charge in [0.15, 0.2) is 0 Å². The minimum atomic E-state index is 0.649. The van der Waals surface area contributed by atoms with Crippen LogP contribution < -0.4 is 15.0 Å². The van der Waals surface area contributed by atoms with Gasteiger partial charge in [-0.25, -0.2) is 0 Å². The highest BCUT2D eigenvalue weighted by atomic mass is 35.5. The third-order valence-electron chi connectivity index (χ3n) is 2.81. The van der Waals surface area contributed by atoms with Gasteiger partial charge >= 0.3 is 0 Å². The van der Waals surface area contributed by atoms with Gasteiger partial charge < -0.3 is 15.0 Å². The molecule has 5 heteroatoms. The quantitative estimate of drug-likeness (QED) is 0.790. The molecule has 1 aromatic carbocycles. The molecule has 1 aromatic heterocycles. The van der Waals surface area contributed by atoms with Crippen LogP contribution in [-0.4, -0.2) is 27.2 Å². The molecule has 0 spiro atoms. The summed E-state index contributed by atoms with van der Waals surface area (Å²) in [6.45, 7) is 2.29. The number of hydrogen-bond donors (Lipinski definition) is 1. The first kappa shape index (κ1) is 15.2. The molecule has 0 aliphatic heterocycles. The molecule has 0 saturated carbocycles. The Morgan fingerprint density at radius 1 is 1.25 bits per heavy atom. The van der Waals surface area contributed by atoms with Gasteiger partial charge in [0.25, 0.3) is 0 Å². The Bertz CT molecular complexity index is 542. The van der Waals surface area contributed by atoms with Crippen molar-refractivity contribution in [2.45, 2.75) is 6.54 Å². The zero-order valence-corrected chi connectivity index (χ0v) is 13.3. The second-order valence-electron chi connectivity index (χ2n) is 4.62. The molecule has 2 rings (SSSR count). The van der Waals surface area contributed by atoms with E-state index < -0.39 is 0 Å². The summed E-state index contributed by atoms with van der Waals surface area (Å²) in [7, 11) is 4.04. The fourth-order valence-electron chi connectivity index (χ4n) is 1.75. The monoisotopic (exact) mass is 310 g/mol. The van der Waals surface area contributed by atoms with E-state index in [2.05, 4.69) is 16.3 Å². The maximum absolute atomic E-state index is 5.88. The van der Waals surface area contributed by atoms with Crippen LogP contribution in [0, 0.1) is 0 Å². The van der Waals surface area contributed by atoms with Crippen LogP contribution >= 0.6 is 22.9 Å². The van der Waals surface area contributed by atoms with Crippen LogP contribution in [0.2, 0.25) is 4.34 Å². The summed E-state index contributed by atoms with van der Waals surface area (Å²) < 4.78 is 6.56. The SMILES string of the molecule is CN(C)c1cccc(OCCNCc2ccc(Cl)s2)c1. The van der Waals surface area contributed by atoms with Crippen molar-refractivity contribution in [2.24, 2.45) is 0 Å². The summed E-state index contributed by atoms with van der Waals surface area (Å²) in [6.07, 6.45) is 0. The molecule has 0 radical (unpaired) electrons. The van der Waals surface area contributed by atoms with Gasteiger partial charge in [-0.1, -0.05) is 17.7 Å². The number of ether oxygens (including phenoxy) is 1. The zero-order valence-electron chi connectivity index (χ0n) is 11.7. The van der Waals surface area contributed by atoms with Crippen LogP contribution in [0.15, 0.2) is 36.4 Å². The van der Waals surface area contributed by atoms with Gasteiger partial charge in [0.05, 0.1) is 4.34 Å². The van der Waals surface area contributed by atoms with Crippen LogP contribution in [0.5, 0.6) is 5.75 Å². The Hall–Kier alpha value is -1.23. The lowest BCUT2D eigenvalue weighted by Gasteiger charge is -2.14. The summed E-state index contributed by atoms with van der Waals surface area (Å²) in [5.41, 5.74) is 1.14. The average Bonchev–Trinajstić information content (AvgIpc) is 2.84. The molecule has 1 heterocycles. The fraction of sp³-hybridized carbons (Fsp3) is 0.333. The second kappa shape index (κ2) is 7.53. The van der Waals surface area contributed by atoms with E-state index >= 15 is 0 Å². The van der Waals surface area contributed by atoms with Crippen molar-refractivity contribution in [3.63, 3.8) is 0 Å². The van der Waals surface area contributed by atoms with E-state index in [0.29, 0.717) is 6.61 Å². The molecule has 0 fully saturated rings. The number of halogens is 1. The van der Waals surface area contributed by atoms with E-state index in [1.807, 2.05) is 44.4 Å². The van der Waals surface area contributed by atoms with Gasteiger partial charge in [0.1, 0.15) is 12.4 Å². The lowest BCUT2D eigenvalue weighted by Crippen LogP contribution is -2.20. The Balaban J connectivity index is 1.69. The molecule has 20 heavy (non-hydrogen) atoms. The highest BCUT2D eigenvalue weighted by molar-refractivity contribution is 7.16. The van der Waals surface area contributed by atoms with E-state index in [9.17, 15) is 0 Å². The number of nitrogens with one attached hydrogen (secondary N) is 1. The van der Waals surface area contributed by atoms with Gasteiger partial charge in [-0.05, 0) is 24.3 Å². The van der Waals surface area contributed by atoms with Gasteiger partial charge in [-0.2, -0.15) is 0 Å². The van der Waals surface area contributed by atoms with Crippen LogP contribution in [0.3, 0.4) is 0 Å². The Morgan fingerprint density at radius 2 is 2.10 bits per heavy atom. The molecule has 0 unspecified atom stereocenters. The van der Waals surface area contributed by atoms with E-state index in [1.165, 1.54) is 4.88 Å². The summed E-state index contributed by atoms with van der Waals surface area (Å²) in [5, 5.41) is 3.34. The number of benzene rings is 1. The molecule has 0 atom stereocenters. The van der Waals surface area contributed by atoms with E-state index in [4.69, 9.17) is 16.3 Å². The number of hydrogen-bond acceptors (Lipinski definition) is 4. The minimum absolute atomic E-state index is 0.649. The van der Waals surface area contributed by atoms with E-state index in [1.54, 1.807) is 11.3 Å². The van der Waals surface area contributed by atoms with Crippen molar-refractivity contribution >= 4 is 28.6 Å². The molecular weight excluding hydrogens is 292 g/mol. The third kappa shape index (κ3) is 4.71. The van der Waals surface area contributed by atoms with Crippen LogP contribution in [0.1, 0.15) is 4.88 Å². The van der Waals surface area contributed by atoms with Gasteiger partial charge in [-0.15, -0.1) is 11.3 Å². The van der Waals surface area contributed by atoms with Crippen molar-refractivity contribution in [1.29, 1.82) is 0 Å². The highest BCUT2D eigenvalue weighted by Gasteiger charge is 1.99. The Labute approximate surface area is 129 Å². The Kier molecular flexibility index (Phi) is 5.71. The summed E-state index contributed by atoms with van der Waals surface area (Å²) in [4.78, 5) is 3.30. The number of thiophene rings is 1. The summed E-state index contributed by atoms with van der Waals surface area (Å²) in [5.74, 6) is 0.900. The largest absolute Gasteiger partial charge is 0.492 e. The van der Waals surface area contributed by atoms with Crippen LogP contribution in [0.25, 0.3) is 0 Å². The van der Waals surface area contributed by atoms with E-state index in [0.717, 1.165) is 28.9 Å². The smallest absolute Gasteiger partial charge is 0.121 e. The summed E-state index contributed by atoms with van der Waals surface area (Å²) in [6, 6.07) is 12.1. The highest BCUT2D eigenvalue weighted by Crippen LogP contribution is 2.21. The number of anilines is 1. The lowest BCUT2D eigenvalue weighted by atomic mass is 10.3. The first-order valence-corrected chi connectivity index (χ1v) is 7.70. The normalized spacial score (nSPS) is 10.6. The minimum Gasteiger partial charge on any atom is -0.492 e. The van der Waals surface area contributed by atoms with Crippen molar-refractivity contribution in [3.05, 3.63) is 45.6 Å². The zero-order chi connectivity index (χ0) is 14.4. The van der Waals surface area contributed by atoms with Crippen molar-refractivity contribution < 1.29 is 4.74 Å². The van der Waals surface area contributed by atoms with Crippen LogP contribution in [0.4, 0.5) is 5.69 Å². The Morgan fingerprint density at radius 3 is 2.80 bits per heavy atom. The summed E-state index contributed by atoms with van der Waals surface area (Å²) >= 11 is 7.49. The first-order chi connectivity index (χ1) is 9.65. The molecule has 108 valence electrons. The molecule has 1 N–H and O–H groups in total.